The second-order valence-corrected chi connectivity index (χ2v) is 4.69. The van der Waals surface area contributed by atoms with Gasteiger partial charge >= 0.3 is 0 Å². The van der Waals surface area contributed by atoms with E-state index in [2.05, 4.69) is 47.5 Å². The van der Waals surface area contributed by atoms with Crippen LogP contribution in [0, 0.1) is 0 Å². The van der Waals surface area contributed by atoms with E-state index in [0.29, 0.717) is 12.1 Å². The average Bonchev–Trinajstić information content (AvgIpc) is 2.40. The third kappa shape index (κ3) is 3.06. The summed E-state index contributed by atoms with van der Waals surface area (Å²) in [5.41, 5.74) is 1.36. The third-order valence-electron chi connectivity index (χ3n) is 3.64. The van der Waals surface area contributed by atoms with E-state index in [9.17, 15) is 0 Å². The summed E-state index contributed by atoms with van der Waals surface area (Å²) in [6.45, 7) is 5.60. The van der Waals surface area contributed by atoms with E-state index in [4.69, 9.17) is 5.11 Å². The summed E-state index contributed by atoms with van der Waals surface area (Å²) in [7, 11) is 0. The fraction of sp³-hybridized carbons (Fsp3) is 0.571. The Morgan fingerprint density at radius 2 is 2.18 bits per heavy atom. The van der Waals surface area contributed by atoms with Crippen molar-refractivity contribution in [2.45, 2.75) is 25.4 Å². The number of aliphatic hydroxyl groups excluding tert-OH is 1. The zero-order valence-corrected chi connectivity index (χ0v) is 10.5. The van der Waals surface area contributed by atoms with Gasteiger partial charge in [0.2, 0.25) is 0 Å². The lowest BCUT2D eigenvalue weighted by atomic mass is 10.0. The van der Waals surface area contributed by atoms with E-state index in [1.54, 1.807) is 0 Å². The summed E-state index contributed by atoms with van der Waals surface area (Å²) in [5.74, 6) is 0. The molecule has 0 bridgehead atoms. The van der Waals surface area contributed by atoms with Crippen molar-refractivity contribution >= 4 is 0 Å². The Morgan fingerprint density at radius 1 is 1.41 bits per heavy atom. The fourth-order valence-electron chi connectivity index (χ4n) is 2.63. The van der Waals surface area contributed by atoms with Crippen molar-refractivity contribution in [1.29, 1.82) is 0 Å². The van der Waals surface area contributed by atoms with Gasteiger partial charge in [0, 0.05) is 38.3 Å². The molecule has 3 heteroatoms. The van der Waals surface area contributed by atoms with Crippen LogP contribution in [-0.4, -0.2) is 42.3 Å². The second kappa shape index (κ2) is 6.15. The molecule has 1 heterocycles. The van der Waals surface area contributed by atoms with Gasteiger partial charge in [0.05, 0.1) is 0 Å². The quantitative estimate of drug-likeness (QED) is 0.826. The van der Waals surface area contributed by atoms with Crippen molar-refractivity contribution in [3.05, 3.63) is 35.9 Å². The van der Waals surface area contributed by atoms with Crippen molar-refractivity contribution in [1.82, 2.24) is 10.2 Å². The Labute approximate surface area is 103 Å². The molecule has 0 radical (unpaired) electrons. The minimum Gasteiger partial charge on any atom is -0.396 e. The molecule has 0 aliphatic carbocycles. The lowest BCUT2D eigenvalue weighted by Gasteiger charge is -2.40. The first-order valence-electron chi connectivity index (χ1n) is 6.45. The number of aliphatic hydroxyl groups is 1. The highest BCUT2D eigenvalue weighted by Gasteiger charge is 2.26. The third-order valence-corrected chi connectivity index (χ3v) is 3.64. The SMILES string of the molecule is CC(c1ccccc1)N1CCNCC1CCO. The van der Waals surface area contributed by atoms with E-state index >= 15 is 0 Å². The molecule has 2 rings (SSSR count). The van der Waals surface area contributed by atoms with E-state index < -0.39 is 0 Å². The van der Waals surface area contributed by atoms with Crippen LogP contribution in [0.15, 0.2) is 30.3 Å². The predicted molar refractivity (Wildman–Crippen MR) is 69.9 cm³/mol. The van der Waals surface area contributed by atoms with Crippen LogP contribution < -0.4 is 5.32 Å². The number of hydrogen-bond acceptors (Lipinski definition) is 3. The van der Waals surface area contributed by atoms with Crippen molar-refractivity contribution in [2.75, 3.05) is 26.2 Å². The van der Waals surface area contributed by atoms with Gasteiger partial charge in [-0.1, -0.05) is 30.3 Å². The standard InChI is InChI=1S/C14H22N2O/c1-12(13-5-3-2-4-6-13)16-9-8-15-11-14(16)7-10-17/h2-6,12,14-15,17H,7-11H2,1H3. The Kier molecular flexibility index (Phi) is 4.54. The number of rotatable bonds is 4. The first kappa shape index (κ1) is 12.6. The van der Waals surface area contributed by atoms with Gasteiger partial charge in [-0.2, -0.15) is 0 Å². The maximum absolute atomic E-state index is 9.13. The van der Waals surface area contributed by atoms with Crippen molar-refractivity contribution < 1.29 is 5.11 Å². The van der Waals surface area contributed by atoms with E-state index in [1.807, 2.05) is 0 Å². The van der Waals surface area contributed by atoms with Gasteiger partial charge in [-0.05, 0) is 18.9 Å². The topological polar surface area (TPSA) is 35.5 Å². The van der Waals surface area contributed by atoms with Gasteiger partial charge in [-0.25, -0.2) is 0 Å². The van der Waals surface area contributed by atoms with Crippen LogP contribution in [0.1, 0.15) is 24.9 Å². The molecule has 0 saturated carbocycles. The van der Waals surface area contributed by atoms with Crippen LogP contribution in [-0.2, 0) is 0 Å². The smallest absolute Gasteiger partial charge is 0.0446 e. The van der Waals surface area contributed by atoms with Crippen LogP contribution in [0.5, 0.6) is 0 Å². The number of hydrogen-bond donors (Lipinski definition) is 2. The largest absolute Gasteiger partial charge is 0.396 e. The summed E-state index contributed by atoms with van der Waals surface area (Å²) in [4.78, 5) is 2.50. The summed E-state index contributed by atoms with van der Waals surface area (Å²) in [6.07, 6.45) is 0.851. The first-order chi connectivity index (χ1) is 8.33. The molecule has 0 amide bonds. The second-order valence-electron chi connectivity index (χ2n) is 4.69. The zero-order chi connectivity index (χ0) is 12.1. The molecule has 1 aromatic carbocycles. The summed E-state index contributed by atoms with van der Waals surface area (Å²) >= 11 is 0. The normalized spacial score (nSPS) is 23.5. The molecule has 2 atom stereocenters. The molecule has 0 spiro atoms. The van der Waals surface area contributed by atoms with Crippen LogP contribution in [0.3, 0.4) is 0 Å². The highest BCUT2D eigenvalue weighted by molar-refractivity contribution is 5.18. The van der Waals surface area contributed by atoms with Gasteiger partial charge < -0.3 is 10.4 Å². The molecule has 1 aliphatic rings. The maximum Gasteiger partial charge on any atom is 0.0446 e. The average molecular weight is 234 g/mol. The summed E-state index contributed by atoms with van der Waals surface area (Å²) in [6, 6.07) is 11.5. The van der Waals surface area contributed by atoms with E-state index in [-0.39, 0.29) is 6.61 Å². The maximum atomic E-state index is 9.13. The monoisotopic (exact) mass is 234 g/mol. The minimum absolute atomic E-state index is 0.268. The molecule has 1 fully saturated rings. The summed E-state index contributed by atoms with van der Waals surface area (Å²) < 4.78 is 0. The predicted octanol–water partition coefficient (Wildman–Crippen LogP) is 1.40. The van der Waals surface area contributed by atoms with Crippen LogP contribution >= 0.6 is 0 Å². The Balaban J connectivity index is 2.08. The molecular weight excluding hydrogens is 212 g/mol. The molecule has 17 heavy (non-hydrogen) atoms. The summed E-state index contributed by atoms with van der Waals surface area (Å²) in [5, 5.41) is 12.5. The van der Waals surface area contributed by atoms with Gasteiger partial charge in [0.1, 0.15) is 0 Å². The van der Waals surface area contributed by atoms with Crippen molar-refractivity contribution in [2.24, 2.45) is 0 Å². The number of piperazine rings is 1. The Morgan fingerprint density at radius 3 is 2.88 bits per heavy atom. The molecule has 94 valence electrons. The van der Waals surface area contributed by atoms with Crippen LogP contribution in [0.4, 0.5) is 0 Å². The van der Waals surface area contributed by atoms with Gasteiger partial charge in [-0.3, -0.25) is 4.90 Å². The highest BCUT2D eigenvalue weighted by atomic mass is 16.3. The molecule has 2 unspecified atom stereocenters. The minimum atomic E-state index is 0.268. The molecule has 1 aliphatic heterocycles. The molecule has 0 aromatic heterocycles. The lowest BCUT2D eigenvalue weighted by Crippen LogP contribution is -2.52. The molecule has 1 saturated heterocycles. The number of benzene rings is 1. The number of nitrogens with zero attached hydrogens (tertiary/aromatic N) is 1. The molecule has 1 aromatic rings. The first-order valence-corrected chi connectivity index (χ1v) is 6.45. The van der Waals surface area contributed by atoms with Crippen LogP contribution in [0.2, 0.25) is 0 Å². The highest BCUT2D eigenvalue weighted by Crippen LogP contribution is 2.24. The zero-order valence-electron chi connectivity index (χ0n) is 10.5. The Bertz CT molecular complexity index is 326. The van der Waals surface area contributed by atoms with E-state index in [1.165, 1.54) is 5.56 Å². The lowest BCUT2D eigenvalue weighted by molar-refractivity contribution is 0.0931. The van der Waals surface area contributed by atoms with Gasteiger partial charge in [0.25, 0.3) is 0 Å². The fourth-order valence-corrected chi connectivity index (χ4v) is 2.63. The molecule has 2 N–H and O–H groups in total. The van der Waals surface area contributed by atoms with E-state index in [0.717, 1.165) is 26.1 Å². The van der Waals surface area contributed by atoms with Crippen molar-refractivity contribution in [3.8, 4) is 0 Å². The molecule has 3 nitrogen and oxygen atoms in total. The Hall–Kier alpha value is -0.900. The van der Waals surface area contributed by atoms with Gasteiger partial charge in [-0.15, -0.1) is 0 Å². The van der Waals surface area contributed by atoms with Crippen LogP contribution in [0.25, 0.3) is 0 Å². The molecular formula is C14H22N2O. The van der Waals surface area contributed by atoms with Crippen molar-refractivity contribution in [3.63, 3.8) is 0 Å². The van der Waals surface area contributed by atoms with Gasteiger partial charge in [0.15, 0.2) is 0 Å². The number of nitrogens with one attached hydrogen (secondary N) is 1.